The van der Waals surface area contributed by atoms with Crippen LogP contribution < -0.4 is 11.1 Å². The number of nitrogens with one attached hydrogen (secondary N) is 1. The molecule has 1 aliphatic heterocycles. The standard InChI is InChI=1S/C10H18N2O.ClH/c11-9(13)7-10(3-4-10)8-1-5-12-6-2-8;/h8,12H,1-7H2,(H2,11,13);1H. The molecule has 4 heteroatoms. The number of nitrogens with two attached hydrogens (primary N) is 1. The summed E-state index contributed by atoms with van der Waals surface area (Å²) < 4.78 is 0. The summed E-state index contributed by atoms with van der Waals surface area (Å²) in [6.45, 7) is 2.23. The van der Waals surface area contributed by atoms with Crippen LogP contribution in [0.4, 0.5) is 0 Å². The normalized spacial score (nSPS) is 25.1. The van der Waals surface area contributed by atoms with Crippen LogP contribution in [0.1, 0.15) is 32.1 Å². The molecule has 0 radical (unpaired) electrons. The lowest BCUT2D eigenvalue weighted by Gasteiger charge is -2.30. The van der Waals surface area contributed by atoms with Crippen molar-refractivity contribution in [3.8, 4) is 0 Å². The Morgan fingerprint density at radius 2 is 1.93 bits per heavy atom. The minimum atomic E-state index is -0.115. The predicted molar refractivity (Wildman–Crippen MR) is 58.3 cm³/mol. The van der Waals surface area contributed by atoms with Crippen LogP contribution in [-0.4, -0.2) is 19.0 Å². The molecule has 1 amide bonds. The lowest BCUT2D eigenvalue weighted by atomic mass is 9.80. The maximum Gasteiger partial charge on any atom is 0.217 e. The van der Waals surface area contributed by atoms with Crippen LogP contribution in [0.2, 0.25) is 0 Å². The van der Waals surface area contributed by atoms with Gasteiger partial charge in [0.25, 0.3) is 0 Å². The molecule has 1 saturated carbocycles. The Morgan fingerprint density at radius 3 is 2.36 bits per heavy atom. The molecule has 3 N–H and O–H groups in total. The Morgan fingerprint density at radius 1 is 1.36 bits per heavy atom. The highest BCUT2D eigenvalue weighted by atomic mass is 35.5. The van der Waals surface area contributed by atoms with E-state index >= 15 is 0 Å². The summed E-state index contributed by atoms with van der Waals surface area (Å²) in [6.07, 6.45) is 5.53. The third-order valence-corrected chi connectivity index (χ3v) is 3.62. The van der Waals surface area contributed by atoms with Gasteiger partial charge in [0, 0.05) is 6.42 Å². The number of amides is 1. The number of rotatable bonds is 3. The zero-order valence-corrected chi connectivity index (χ0v) is 9.24. The van der Waals surface area contributed by atoms with Crippen LogP contribution >= 0.6 is 12.4 Å². The van der Waals surface area contributed by atoms with E-state index in [1.807, 2.05) is 0 Å². The Kier molecular flexibility index (Phi) is 3.78. The summed E-state index contributed by atoms with van der Waals surface area (Å²) in [5, 5.41) is 3.35. The first-order valence-corrected chi connectivity index (χ1v) is 5.22. The van der Waals surface area contributed by atoms with E-state index in [9.17, 15) is 4.79 Å². The fraction of sp³-hybridized carbons (Fsp3) is 0.900. The highest BCUT2D eigenvalue weighted by Crippen LogP contribution is 2.57. The molecule has 0 atom stereocenters. The minimum Gasteiger partial charge on any atom is -0.370 e. The van der Waals surface area contributed by atoms with Crippen molar-refractivity contribution in [3.05, 3.63) is 0 Å². The van der Waals surface area contributed by atoms with Crippen molar-refractivity contribution in [3.63, 3.8) is 0 Å². The second-order valence-electron chi connectivity index (χ2n) is 4.53. The van der Waals surface area contributed by atoms with E-state index in [1.165, 1.54) is 25.7 Å². The topological polar surface area (TPSA) is 55.1 Å². The van der Waals surface area contributed by atoms with E-state index in [1.54, 1.807) is 0 Å². The fourth-order valence-corrected chi connectivity index (χ4v) is 2.67. The van der Waals surface area contributed by atoms with Gasteiger partial charge in [0.15, 0.2) is 0 Å². The van der Waals surface area contributed by atoms with Gasteiger partial charge in [-0.05, 0) is 50.1 Å². The molecule has 1 heterocycles. The first kappa shape index (κ1) is 11.8. The molecular weight excluding hydrogens is 200 g/mol. The Hall–Kier alpha value is -0.280. The summed E-state index contributed by atoms with van der Waals surface area (Å²) in [4.78, 5) is 10.9. The second kappa shape index (κ2) is 4.49. The van der Waals surface area contributed by atoms with E-state index < -0.39 is 0 Å². The van der Waals surface area contributed by atoms with Gasteiger partial charge in [0.2, 0.25) is 5.91 Å². The molecule has 2 aliphatic rings. The van der Waals surface area contributed by atoms with Gasteiger partial charge in [0.05, 0.1) is 0 Å². The van der Waals surface area contributed by atoms with Crippen molar-refractivity contribution in [2.75, 3.05) is 13.1 Å². The average Bonchev–Trinajstić information content (AvgIpc) is 2.86. The monoisotopic (exact) mass is 218 g/mol. The number of hydrogen-bond acceptors (Lipinski definition) is 2. The molecule has 2 fully saturated rings. The molecule has 82 valence electrons. The molecule has 1 saturated heterocycles. The van der Waals surface area contributed by atoms with Crippen molar-refractivity contribution in [1.29, 1.82) is 0 Å². The largest absolute Gasteiger partial charge is 0.370 e. The molecule has 1 aliphatic carbocycles. The summed E-state index contributed by atoms with van der Waals surface area (Å²) in [7, 11) is 0. The molecule has 0 unspecified atom stereocenters. The Balaban J connectivity index is 0.000000980. The van der Waals surface area contributed by atoms with Crippen molar-refractivity contribution >= 4 is 18.3 Å². The lowest BCUT2D eigenvalue weighted by Crippen LogP contribution is -2.34. The van der Waals surface area contributed by atoms with Crippen molar-refractivity contribution in [2.24, 2.45) is 17.1 Å². The third-order valence-electron chi connectivity index (χ3n) is 3.62. The molecule has 0 bridgehead atoms. The summed E-state index contributed by atoms with van der Waals surface area (Å²) >= 11 is 0. The zero-order valence-electron chi connectivity index (χ0n) is 8.42. The Bertz CT molecular complexity index is 210. The molecule has 0 aromatic rings. The highest BCUT2D eigenvalue weighted by molar-refractivity contribution is 5.85. The number of primary amides is 1. The fourth-order valence-electron chi connectivity index (χ4n) is 2.67. The molecule has 14 heavy (non-hydrogen) atoms. The number of hydrogen-bond donors (Lipinski definition) is 2. The Labute approximate surface area is 91.2 Å². The van der Waals surface area contributed by atoms with E-state index in [2.05, 4.69) is 5.32 Å². The maximum absolute atomic E-state index is 10.9. The van der Waals surface area contributed by atoms with E-state index in [0.717, 1.165) is 19.0 Å². The number of carbonyl (C=O) groups is 1. The third kappa shape index (κ3) is 2.39. The smallest absolute Gasteiger partial charge is 0.217 e. The van der Waals surface area contributed by atoms with Crippen LogP contribution in [-0.2, 0) is 4.79 Å². The van der Waals surface area contributed by atoms with Crippen molar-refractivity contribution in [2.45, 2.75) is 32.1 Å². The van der Waals surface area contributed by atoms with Gasteiger partial charge in [-0.1, -0.05) is 0 Å². The van der Waals surface area contributed by atoms with Gasteiger partial charge >= 0.3 is 0 Å². The number of halogens is 1. The quantitative estimate of drug-likeness (QED) is 0.745. The molecule has 0 spiro atoms. The molecule has 2 rings (SSSR count). The molecular formula is C10H19ClN2O. The summed E-state index contributed by atoms with van der Waals surface area (Å²) in [6, 6.07) is 0. The maximum atomic E-state index is 10.9. The summed E-state index contributed by atoms with van der Waals surface area (Å²) in [5.74, 6) is 0.636. The SMILES string of the molecule is Cl.NC(=O)CC1(C2CCNCC2)CC1. The van der Waals surface area contributed by atoms with Crippen LogP contribution in [0.15, 0.2) is 0 Å². The first-order chi connectivity index (χ1) is 6.23. The number of piperidine rings is 1. The highest BCUT2D eigenvalue weighted by Gasteiger charge is 2.49. The van der Waals surface area contributed by atoms with Crippen molar-refractivity contribution in [1.82, 2.24) is 5.32 Å². The van der Waals surface area contributed by atoms with Crippen LogP contribution in [0.3, 0.4) is 0 Å². The van der Waals surface area contributed by atoms with Gasteiger partial charge in [-0.3, -0.25) is 4.79 Å². The first-order valence-electron chi connectivity index (χ1n) is 5.22. The van der Waals surface area contributed by atoms with Gasteiger partial charge in [-0.25, -0.2) is 0 Å². The van der Waals surface area contributed by atoms with Gasteiger partial charge in [0.1, 0.15) is 0 Å². The van der Waals surface area contributed by atoms with Crippen molar-refractivity contribution < 1.29 is 4.79 Å². The van der Waals surface area contributed by atoms with Crippen LogP contribution in [0, 0.1) is 11.3 Å². The number of carbonyl (C=O) groups excluding carboxylic acids is 1. The lowest BCUT2D eigenvalue weighted by molar-refractivity contribution is -0.119. The van der Waals surface area contributed by atoms with E-state index in [0.29, 0.717) is 11.8 Å². The van der Waals surface area contributed by atoms with E-state index in [-0.39, 0.29) is 18.3 Å². The zero-order chi connectivity index (χ0) is 9.31. The van der Waals surface area contributed by atoms with Gasteiger partial charge in [-0.2, -0.15) is 0 Å². The minimum absolute atomic E-state index is 0. The molecule has 3 nitrogen and oxygen atoms in total. The predicted octanol–water partition coefficient (Wildman–Crippen LogP) is 1.06. The second-order valence-corrected chi connectivity index (χ2v) is 4.53. The van der Waals surface area contributed by atoms with Crippen LogP contribution in [0.5, 0.6) is 0 Å². The molecule has 0 aromatic heterocycles. The van der Waals surface area contributed by atoms with Gasteiger partial charge < -0.3 is 11.1 Å². The van der Waals surface area contributed by atoms with E-state index in [4.69, 9.17) is 5.73 Å². The van der Waals surface area contributed by atoms with Crippen LogP contribution in [0.25, 0.3) is 0 Å². The summed E-state index contributed by atoms with van der Waals surface area (Å²) in [5.41, 5.74) is 5.60. The van der Waals surface area contributed by atoms with Gasteiger partial charge in [-0.15, -0.1) is 12.4 Å². The average molecular weight is 219 g/mol. The molecule has 0 aromatic carbocycles.